The number of benzene rings is 2. The first-order valence-corrected chi connectivity index (χ1v) is 9.22. The molecule has 0 radical (unpaired) electrons. The Hall–Kier alpha value is -2.66. The molecule has 5 nitrogen and oxygen atoms in total. The molecule has 0 unspecified atom stereocenters. The molecule has 3 rings (SSSR count). The molecule has 1 fully saturated rings. The minimum atomic E-state index is -0.978. The fourth-order valence-corrected chi connectivity index (χ4v) is 3.99. The van der Waals surface area contributed by atoms with Crippen molar-refractivity contribution < 1.29 is 14.7 Å². The second-order valence-corrected chi connectivity index (χ2v) is 7.45. The lowest BCUT2D eigenvalue weighted by Gasteiger charge is -2.52. The molecule has 2 amide bonds. The van der Waals surface area contributed by atoms with Crippen LogP contribution in [-0.2, 0) is 21.7 Å². The average molecular weight is 366 g/mol. The summed E-state index contributed by atoms with van der Waals surface area (Å²) in [6, 6.07) is 19.4. The molecule has 0 aromatic heterocycles. The van der Waals surface area contributed by atoms with E-state index in [1.54, 1.807) is 11.8 Å². The lowest BCUT2D eigenvalue weighted by Crippen LogP contribution is -2.67. The minimum Gasteiger partial charge on any atom is -0.394 e. The van der Waals surface area contributed by atoms with Crippen molar-refractivity contribution in [1.82, 2.24) is 10.2 Å². The molecule has 2 aromatic rings. The number of carbonyl (C=O) groups excluding carboxylic acids is 2. The zero-order chi connectivity index (χ0) is 19.5. The Balaban J connectivity index is 2.07. The summed E-state index contributed by atoms with van der Waals surface area (Å²) in [4.78, 5) is 27.0. The Bertz CT molecular complexity index is 809. The summed E-state index contributed by atoms with van der Waals surface area (Å²) in [6.07, 6.45) is 1.02. The van der Waals surface area contributed by atoms with Crippen molar-refractivity contribution in [2.45, 2.75) is 44.3 Å². The highest BCUT2D eigenvalue weighted by atomic mass is 16.3. The van der Waals surface area contributed by atoms with Crippen molar-refractivity contribution in [3.63, 3.8) is 0 Å². The first kappa shape index (κ1) is 19.1. The summed E-state index contributed by atoms with van der Waals surface area (Å²) in [5.41, 5.74) is 0.0913. The normalized spacial score (nSPS) is 25.3. The van der Waals surface area contributed by atoms with Gasteiger partial charge in [0.25, 0.3) is 0 Å². The predicted molar refractivity (Wildman–Crippen MR) is 104 cm³/mol. The third-order valence-electron chi connectivity index (χ3n) is 5.48. The zero-order valence-corrected chi connectivity index (χ0v) is 15.8. The van der Waals surface area contributed by atoms with Crippen molar-refractivity contribution in [1.29, 1.82) is 0 Å². The van der Waals surface area contributed by atoms with Crippen LogP contribution in [0.15, 0.2) is 60.7 Å². The third kappa shape index (κ3) is 3.60. The summed E-state index contributed by atoms with van der Waals surface area (Å²) in [5, 5.41) is 13.3. The van der Waals surface area contributed by atoms with Crippen LogP contribution in [0.1, 0.15) is 37.8 Å². The molecular weight excluding hydrogens is 340 g/mol. The standard InChI is InChI=1S/C22H26N2O3/c1-17(26)23-21(2)13-14-22(16-25,19-11-7-4-8-12-19)24(20(21)27)15-18-9-5-3-6-10-18/h3-12,25H,13-16H2,1-2H3,(H,23,26)/t21-,22-/m0/s1. The first-order valence-electron chi connectivity index (χ1n) is 9.22. The van der Waals surface area contributed by atoms with Crippen molar-refractivity contribution in [3.05, 3.63) is 71.8 Å². The smallest absolute Gasteiger partial charge is 0.249 e. The van der Waals surface area contributed by atoms with Crippen molar-refractivity contribution in [2.24, 2.45) is 0 Å². The molecular formula is C22H26N2O3. The van der Waals surface area contributed by atoms with Gasteiger partial charge in [-0.3, -0.25) is 9.59 Å². The molecule has 0 bridgehead atoms. The van der Waals surface area contributed by atoms with Gasteiger partial charge in [0.15, 0.2) is 0 Å². The maximum Gasteiger partial charge on any atom is 0.249 e. The van der Waals surface area contributed by atoms with Crippen LogP contribution in [0.25, 0.3) is 0 Å². The molecule has 2 N–H and O–H groups in total. The van der Waals surface area contributed by atoms with E-state index >= 15 is 0 Å². The predicted octanol–water partition coefficient (Wildman–Crippen LogP) is 2.59. The molecule has 27 heavy (non-hydrogen) atoms. The van der Waals surface area contributed by atoms with Crippen LogP contribution in [0.3, 0.4) is 0 Å². The number of aliphatic hydroxyl groups is 1. The number of carbonyl (C=O) groups is 2. The highest BCUT2D eigenvalue weighted by molar-refractivity contribution is 5.92. The van der Waals surface area contributed by atoms with E-state index in [-0.39, 0.29) is 18.4 Å². The van der Waals surface area contributed by atoms with E-state index < -0.39 is 11.1 Å². The van der Waals surface area contributed by atoms with Crippen LogP contribution in [0.5, 0.6) is 0 Å². The Labute approximate surface area is 160 Å². The van der Waals surface area contributed by atoms with Gasteiger partial charge in [0.2, 0.25) is 11.8 Å². The van der Waals surface area contributed by atoms with Gasteiger partial charge in [-0.1, -0.05) is 60.7 Å². The second-order valence-electron chi connectivity index (χ2n) is 7.45. The van der Waals surface area contributed by atoms with Crippen molar-refractivity contribution in [3.8, 4) is 0 Å². The number of aliphatic hydroxyl groups excluding tert-OH is 1. The van der Waals surface area contributed by atoms with E-state index in [1.807, 2.05) is 60.7 Å². The molecule has 1 saturated heterocycles. The number of rotatable bonds is 5. The van der Waals surface area contributed by atoms with Crippen LogP contribution in [0.2, 0.25) is 0 Å². The van der Waals surface area contributed by atoms with Crippen molar-refractivity contribution >= 4 is 11.8 Å². The third-order valence-corrected chi connectivity index (χ3v) is 5.48. The molecule has 1 heterocycles. The summed E-state index contributed by atoms with van der Waals surface area (Å²) in [6.45, 7) is 3.38. The molecule has 2 aromatic carbocycles. The minimum absolute atomic E-state index is 0.175. The molecule has 0 spiro atoms. The lowest BCUT2D eigenvalue weighted by molar-refractivity contribution is -0.158. The fourth-order valence-electron chi connectivity index (χ4n) is 3.99. The zero-order valence-electron chi connectivity index (χ0n) is 15.8. The van der Waals surface area contributed by atoms with Crippen LogP contribution >= 0.6 is 0 Å². The Morgan fingerprint density at radius 3 is 2.22 bits per heavy atom. The molecule has 0 saturated carbocycles. The van der Waals surface area contributed by atoms with Gasteiger partial charge < -0.3 is 15.3 Å². The summed E-state index contributed by atoms with van der Waals surface area (Å²) in [5.74, 6) is -0.410. The molecule has 2 atom stereocenters. The van der Waals surface area contributed by atoms with Gasteiger partial charge in [0, 0.05) is 13.5 Å². The highest BCUT2D eigenvalue weighted by Crippen LogP contribution is 2.42. The quantitative estimate of drug-likeness (QED) is 0.855. The topological polar surface area (TPSA) is 69.6 Å². The van der Waals surface area contributed by atoms with Gasteiger partial charge in [-0.05, 0) is 30.9 Å². The SMILES string of the molecule is CC(=O)N[C@@]1(C)CC[C@](CO)(c2ccccc2)N(Cc2ccccc2)C1=O. The maximum absolute atomic E-state index is 13.5. The van der Waals surface area contributed by atoms with E-state index in [0.717, 1.165) is 11.1 Å². The van der Waals surface area contributed by atoms with Crippen LogP contribution in [0, 0.1) is 0 Å². The lowest BCUT2D eigenvalue weighted by atomic mass is 9.74. The first-order chi connectivity index (χ1) is 12.9. The second kappa shape index (κ2) is 7.53. The summed E-state index contributed by atoms with van der Waals surface area (Å²) in [7, 11) is 0. The average Bonchev–Trinajstić information content (AvgIpc) is 2.67. The van der Waals surface area contributed by atoms with Crippen LogP contribution < -0.4 is 5.32 Å². The van der Waals surface area contributed by atoms with Gasteiger partial charge >= 0.3 is 0 Å². The Morgan fingerprint density at radius 1 is 1.07 bits per heavy atom. The highest BCUT2D eigenvalue weighted by Gasteiger charge is 2.52. The number of amides is 2. The summed E-state index contributed by atoms with van der Waals surface area (Å²) < 4.78 is 0. The van der Waals surface area contributed by atoms with E-state index in [0.29, 0.717) is 19.4 Å². The van der Waals surface area contributed by atoms with Crippen LogP contribution in [0.4, 0.5) is 0 Å². The van der Waals surface area contributed by atoms with Gasteiger partial charge in [0.1, 0.15) is 5.54 Å². The molecule has 0 aliphatic carbocycles. The van der Waals surface area contributed by atoms with E-state index in [4.69, 9.17) is 0 Å². The van der Waals surface area contributed by atoms with Crippen LogP contribution in [-0.4, -0.2) is 34.0 Å². The Kier molecular flexibility index (Phi) is 5.33. The van der Waals surface area contributed by atoms with Gasteiger partial charge in [-0.15, -0.1) is 0 Å². The maximum atomic E-state index is 13.5. The van der Waals surface area contributed by atoms with Gasteiger partial charge in [-0.2, -0.15) is 0 Å². The summed E-state index contributed by atoms with van der Waals surface area (Å²) >= 11 is 0. The molecule has 1 aliphatic heterocycles. The monoisotopic (exact) mass is 366 g/mol. The number of piperidine rings is 1. The van der Waals surface area contributed by atoms with E-state index in [2.05, 4.69) is 5.32 Å². The number of hydrogen-bond donors (Lipinski definition) is 2. The fraction of sp³-hybridized carbons (Fsp3) is 0.364. The van der Waals surface area contributed by atoms with E-state index in [1.165, 1.54) is 6.92 Å². The van der Waals surface area contributed by atoms with Gasteiger partial charge in [-0.25, -0.2) is 0 Å². The molecule has 5 heteroatoms. The van der Waals surface area contributed by atoms with Gasteiger partial charge in [0.05, 0.1) is 12.1 Å². The Morgan fingerprint density at radius 2 is 1.67 bits per heavy atom. The largest absolute Gasteiger partial charge is 0.394 e. The number of likely N-dealkylation sites (tertiary alicyclic amines) is 1. The van der Waals surface area contributed by atoms with E-state index in [9.17, 15) is 14.7 Å². The van der Waals surface area contributed by atoms with Crippen molar-refractivity contribution in [2.75, 3.05) is 6.61 Å². The molecule has 1 aliphatic rings. The molecule has 142 valence electrons. The number of nitrogens with one attached hydrogen (secondary N) is 1. The number of hydrogen-bond acceptors (Lipinski definition) is 3. The number of nitrogens with zero attached hydrogens (tertiary/aromatic N) is 1.